The molecular weight excluding hydrogens is 279 g/mol. The molecule has 1 saturated carbocycles. The van der Waals surface area contributed by atoms with Crippen LogP contribution in [0.5, 0.6) is 0 Å². The van der Waals surface area contributed by atoms with E-state index in [4.69, 9.17) is 23.2 Å². The molecule has 98 valence electrons. The van der Waals surface area contributed by atoms with E-state index in [0.717, 1.165) is 23.4 Å². The van der Waals surface area contributed by atoms with Crippen LogP contribution in [0, 0.1) is 0 Å². The van der Waals surface area contributed by atoms with Gasteiger partial charge in [-0.3, -0.25) is 0 Å². The van der Waals surface area contributed by atoms with E-state index >= 15 is 0 Å². The monoisotopic (exact) mass is 292 g/mol. The Hall–Kier alpha value is -1.02. The van der Waals surface area contributed by atoms with Crippen LogP contribution >= 0.6 is 23.2 Å². The van der Waals surface area contributed by atoms with Gasteiger partial charge < -0.3 is 5.11 Å². The van der Waals surface area contributed by atoms with Gasteiger partial charge >= 0.3 is 0 Å². The number of hydrogen-bond donors (Lipinski definition) is 1. The Morgan fingerprint density at radius 1 is 0.842 bits per heavy atom. The molecule has 1 aliphatic carbocycles. The molecule has 1 fully saturated rings. The molecule has 0 radical (unpaired) electrons. The second kappa shape index (κ2) is 4.82. The molecule has 0 bridgehead atoms. The lowest BCUT2D eigenvalue weighted by atomic mass is 9.65. The summed E-state index contributed by atoms with van der Waals surface area (Å²) in [5.41, 5.74) is 1.47. The van der Waals surface area contributed by atoms with Gasteiger partial charge in [0.05, 0.1) is 5.60 Å². The fourth-order valence-electron chi connectivity index (χ4n) is 2.72. The second-order valence-corrected chi connectivity index (χ2v) is 6.07. The predicted octanol–water partition coefficient (Wildman–Crippen LogP) is 4.76. The van der Waals surface area contributed by atoms with Crippen molar-refractivity contribution in [3.8, 4) is 0 Å². The summed E-state index contributed by atoms with van der Waals surface area (Å²) in [6.45, 7) is 0. The molecule has 2 aromatic rings. The van der Waals surface area contributed by atoms with Crippen molar-refractivity contribution < 1.29 is 5.11 Å². The molecule has 0 saturated heterocycles. The van der Waals surface area contributed by atoms with Gasteiger partial charge in [0, 0.05) is 10.0 Å². The summed E-state index contributed by atoms with van der Waals surface area (Å²) in [7, 11) is 0. The van der Waals surface area contributed by atoms with Gasteiger partial charge in [-0.1, -0.05) is 47.5 Å². The molecule has 0 amide bonds. The maximum absolute atomic E-state index is 10.6. The van der Waals surface area contributed by atoms with Crippen molar-refractivity contribution in [1.82, 2.24) is 0 Å². The lowest BCUT2D eigenvalue weighted by Gasteiger charge is -2.44. The average molecular weight is 293 g/mol. The summed E-state index contributed by atoms with van der Waals surface area (Å²) in [6, 6.07) is 15.3. The Balaban J connectivity index is 1.74. The van der Waals surface area contributed by atoms with Crippen LogP contribution in [0.25, 0.3) is 0 Å². The zero-order chi connectivity index (χ0) is 13.5. The normalized spacial score (nSPS) is 25.9. The lowest BCUT2D eigenvalue weighted by Crippen LogP contribution is -2.39. The quantitative estimate of drug-likeness (QED) is 0.846. The number of aliphatic hydroxyl groups is 1. The Morgan fingerprint density at radius 3 is 1.84 bits per heavy atom. The Labute approximate surface area is 122 Å². The predicted molar refractivity (Wildman–Crippen MR) is 78.8 cm³/mol. The summed E-state index contributed by atoms with van der Waals surface area (Å²) in [5, 5.41) is 12.0. The molecular formula is C16H14Cl2O. The van der Waals surface area contributed by atoms with Crippen LogP contribution in [-0.2, 0) is 5.60 Å². The molecule has 3 heteroatoms. The van der Waals surface area contributed by atoms with Crippen LogP contribution in [0.15, 0.2) is 48.5 Å². The van der Waals surface area contributed by atoms with E-state index in [1.807, 2.05) is 48.5 Å². The fraction of sp³-hybridized carbons (Fsp3) is 0.250. The van der Waals surface area contributed by atoms with Crippen molar-refractivity contribution in [3.05, 3.63) is 69.7 Å². The number of benzene rings is 2. The van der Waals surface area contributed by atoms with Crippen LogP contribution in [0.2, 0.25) is 10.0 Å². The van der Waals surface area contributed by atoms with Crippen LogP contribution < -0.4 is 0 Å². The minimum atomic E-state index is -0.713. The second-order valence-electron chi connectivity index (χ2n) is 5.20. The van der Waals surface area contributed by atoms with Crippen molar-refractivity contribution in [2.45, 2.75) is 24.4 Å². The summed E-state index contributed by atoms with van der Waals surface area (Å²) >= 11 is 11.8. The minimum absolute atomic E-state index is 0.401. The van der Waals surface area contributed by atoms with Crippen LogP contribution in [-0.4, -0.2) is 5.11 Å². The molecule has 0 unspecified atom stereocenters. The van der Waals surface area contributed by atoms with Gasteiger partial charge in [-0.2, -0.15) is 0 Å². The van der Waals surface area contributed by atoms with E-state index in [0.29, 0.717) is 10.9 Å². The van der Waals surface area contributed by atoms with Crippen molar-refractivity contribution in [1.29, 1.82) is 0 Å². The molecule has 1 aliphatic rings. The maximum Gasteiger partial charge on any atom is 0.0908 e. The highest BCUT2D eigenvalue weighted by Crippen LogP contribution is 2.50. The SMILES string of the molecule is OC1(c2ccc(Cl)cc2)CC(c2ccc(Cl)cc2)C1. The molecule has 3 rings (SSSR count). The van der Waals surface area contributed by atoms with E-state index in [1.165, 1.54) is 5.56 Å². The first-order chi connectivity index (χ1) is 9.07. The third kappa shape index (κ3) is 2.51. The molecule has 0 aromatic heterocycles. The Bertz CT molecular complexity index is 569. The molecule has 1 N–H and O–H groups in total. The van der Waals surface area contributed by atoms with Crippen LogP contribution in [0.1, 0.15) is 29.9 Å². The van der Waals surface area contributed by atoms with Gasteiger partial charge in [0.2, 0.25) is 0 Å². The summed E-state index contributed by atoms with van der Waals surface area (Å²) < 4.78 is 0. The van der Waals surface area contributed by atoms with Gasteiger partial charge in [-0.15, -0.1) is 0 Å². The third-order valence-corrected chi connectivity index (χ3v) is 4.40. The van der Waals surface area contributed by atoms with Crippen LogP contribution in [0.3, 0.4) is 0 Å². The maximum atomic E-state index is 10.6. The van der Waals surface area contributed by atoms with Crippen molar-refractivity contribution >= 4 is 23.2 Å². The van der Waals surface area contributed by atoms with Crippen molar-refractivity contribution in [2.75, 3.05) is 0 Å². The lowest BCUT2D eigenvalue weighted by molar-refractivity contribution is -0.0549. The molecule has 0 spiro atoms. The van der Waals surface area contributed by atoms with Crippen molar-refractivity contribution in [3.63, 3.8) is 0 Å². The average Bonchev–Trinajstić information content (AvgIpc) is 2.37. The standard InChI is InChI=1S/C16H14Cl2O/c17-14-5-1-11(2-6-14)12-9-16(19,10-12)13-3-7-15(18)8-4-13/h1-8,12,19H,9-10H2. The first-order valence-electron chi connectivity index (χ1n) is 6.31. The van der Waals surface area contributed by atoms with Gasteiger partial charge in [0.15, 0.2) is 0 Å². The topological polar surface area (TPSA) is 20.2 Å². The minimum Gasteiger partial charge on any atom is -0.385 e. The third-order valence-electron chi connectivity index (χ3n) is 3.89. The number of rotatable bonds is 2. The van der Waals surface area contributed by atoms with Gasteiger partial charge in [-0.05, 0) is 54.2 Å². The highest BCUT2D eigenvalue weighted by molar-refractivity contribution is 6.30. The van der Waals surface area contributed by atoms with E-state index in [-0.39, 0.29) is 0 Å². The van der Waals surface area contributed by atoms with E-state index in [2.05, 4.69) is 0 Å². The van der Waals surface area contributed by atoms with Crippen LogP contribution in [0.4, 0.5) is 0 Å². The van der Waals surface area contributed by atoms with Gasteiger partial charge in [0.1, 0.15) is 0 Å². The van der Waals surface area contributed by atoms with Gasteiger partial charge in [-0.25, -0.2) is 0 Å². The highest BCUT2D eigenvalue weighted by Gasteiger charge is 2.44. The van der Waals surface area contributed by atoms with Crippen molar-refractivity contribution in [2.24, 2.45) is 0 Å². The highest BCUT2D eigenvalue weighted by atomic mass is 35.5. The molecule has 0 atom stereocenters. The van der Waals surface area contributed by atoms with E-state index in [1.54, 1.807) is 0 Å². The summed E-state index contributed by atoms with van der Waals surface area (Å²) in [6.07, 6.45) is 1.49. The molecule has 0 aliphatic heterocycles. The number of halogens is 2. The Kier molecular flexibility index (Phi) is 3.30. The molecule has 0 heterocycles. The Morgan fingerprint density at radius 2 is 1.32 bits per heavy atom. The summed E-state index contributed by atoms with van der Waals surface area (Å²) in [4.78, 5) is 0. The number of hydrogen-bond acceptors (Lipinski definition) is 1. The zero-order valence-corrected chi connectivity index (χ0v) is 11.8. The summed E-state index contributed by atoms with van der Waals surface area (Å²) in [5.74, 6) is 0.401. The van der Waals surface area contributed by atoms with E-state index in [9.17, 15) is 5.11 Å². The van der Waals surface area contributed by atoms with Gasteiger partial charge in [0.25, 0.3) is 0 Å². The first kappa shape index (κ1) is 13.0. The largest absolute Gasteiger partial charge is 0.385 e. The zero-order valence-electron chi connectivity index (χ0n) is 10.3. The molecule has 19 heavy (non-hydrogen) atoms. The smallest absolute Gasteiger partial charge is 0.0908 e. The first-order valence-corrected chi connectivity index (χ1v) is 7.06. The molecule has 1 nitrogen and oxygen atoms in total. The van der Waals surface area contributed by atoms with E-state index < -0.39 is 5.60 Å². The molecule has 2 aromatic carbocycles. The fourth-order valence-corrected chi connectivity index (χ4v) is 2.97.